The van der Waals surface area contributed by atoms with Crippen molar-refractivity contribution in [1.29, 1.82) is 0 Å². The number of rotatable bonds is 0. The topological polar surface area (TPSA) is 36.9 Å². The predicted octanol–water partition coefficient (Wildman–Crippen LogP) is 1.54. The van der Waals surface area contributed by atoms with Crippen molar-refractivity contribution in [1.82, 2.24) is 0 Å². The lowest BCUT2D eigenvalue weighted by atomic mass is 9.57. The molecule has 3 saturated carbocycles. The van der Waals surface area contributed by atoms with Crippen molar-refractivity contribution in [3.63, 3.8) is 0 Å². The molecule has 0 aromatic rings. The molecule has 4 heteroatoms. The third-order valence-corrected chi connectivity index (χ3v) is 6.07. The van der Waals surface area contributed by atoms with Gasteiger partial charge in [-0.3, -0.25) is 0 Å². The largest absolute Gasteiger partial charge is 0.347 e. The summed E-state index contributed by atoms with van der Waals surface area (Å²) in [5, 5.41) is 0. The Kier molecular flexibility index (Phi) is 1.94. The molecule has 18 heavy (non-hydrogen) atoms. The second-order valence-corrected chi connectivity index (χ2v) is 6.47. The van der Waals surface area contributed by atoms with Crippen LogP contribution in [-0.4, -0.2) is 38.0 Å². The van der Waals surface area contributed by atoms with Crippen LogP contribution in [0.15, 0.2) is 0 Å². The first kappa shape index (κ1) is 10.6. The average molecular weight is 252 g/mol. The van der Waals surface area contributed by atoms with Gasteiger partial charge in [0.05, 0.1) is 26.4 Å². The molecule has 0 N–H and O–H groups in total. The molecule has 2 aliphatic heterocycles. The lowest BCUT2D eigenvalue weighted by molar-refractivity contribution is -0.274. The van der Waals surface area contributed by atoms with Crippen LogP contribution in [0.5, 0.6) is 0 Å². The minimum absolute atomic E-state index is 0.226. The van der Waals surface area contributed by atoms with E-state index in [1.165, 1.54) is 12.8 Å². The number of ether oxygens (including phenoxy) is 4. The molecule has 2 spiro atoms. The van der Waals surface area contributed by atoms with Crippen LogP contribution in [0, 0.1) is 23.7 Å². The molecule has 5 rings (SSSR count). The molecule has 0 aromatic carbocycles. The molecule has 0 atom stereocenters. The lowest BCUT2D eigenvalue weighted by Gasteiger charge is -2.53. The maximum atomic E-state index is 5.99. The molecule has 2 heterocycles. The van der Waals surface area contributed by atoms with Crippen molar-refractivity contribution in [2.75, 3.05) is 26.4 Å². The highest BCUT2D eigenvalue weighted by Gasteiger charge is 2.73. The molecule has 5 fully saturated rings. The van der Waals surface area contributed by atoms with Crippen LogP contribution >= 0.6 is 0 Å². The highest BCUT2D eigenvalue weighted by molar-refractivity contribution is 5.16. The Morgan fingerprint density at radius 2 is 1.00 bits per heavy atom. The summed E-state index contributed by atoms with van der Waals surface area (Å²) >= 11 is 0. The summed E-state index contributed by atoms with van der Waals surface area (Å²) in [6.45, 7) is 3.11. The van der Waals surface area contributed by atoms with Crippen LogP contribution in [0.2, 0.25) is 0 Å². The highest BCUT2D eigenvalue weighted by Crippen LogP contribution is 2.70. The molecule has 0 bridgehead atoms. The molecule has 5 aliphatic rings. The minimum atomic E-state index is -0.226. The summed E-state index contributed by atoms with van der Waals surface area (Å²) in [4.78, 5) is 0. The Bertz CT molecular complexity index is 326. The van der Waals surface area contributed by atoms with E-state index in [4.69, 9.17) is 18.9 Å². The molecule has 3 aliphatic carbocycles. The van der Waals surface area contributed by atoms with E-state index in [-0.39, 0.29) is 11.6 Å². The molecule has 0 radical (unpaired) electrons. The fourth-order valence-corrected chi connectivity index (χ4v) is 5.64. The predicted molar refractivity (Wildman–Crippen MR) is 61.7 cm³/mol. The van der Waals surface area contributed by atoms with Crippen molar-refractivity contribution in [2.24, 2.45) is 23.7 Å². The smallest absolute Gasteiger partial charge is 0.171 e. The fraction of sp³-hybridized carbons (Fsp3) is 1.00. The number of hydrogen-bond donors (Lipinski definition) is 0. The summed E-state index contributed by atoms with van der Waals surface area (Å²) in [5.41, 5.74) is 0. The van der Waals surface area contributed by atoms with Gasteiger partial charge in [0.25, 0.3) is 0 Å². The van der Waals surface area contributed by atoms with Crippen molar-refractivity contribution in [3.8, 4) is 0 Å². The van der Waals surface area contributed by atoms with E-state index < -0.39 is 0 Å². The number of fused-ring (bicyclic) bond motifs is 6. The van der Waals surface area contributed by atoms with Crippen LogP contribution in [-0.2, 0) is 18.9 Å². The summed E-state index contributed by atoms with van der Waals surface area (Å²) < 4.78 is 24.0. The first-order chi connectivity index (χ1) is 8.85. The van der Waals surface area contributed by atoms with E-state index in [9.17, 15) is 0 Å². The lowest BCUT2D eigenvalue weighted by Crippen LogP contribution is -2.57. The van der Waals surface area contributed by atoms with Crippen LogP contribution in [0.1, 0.15) is 25.7 Å². The maximum absolute atomic E-state index is 5.99. The van der Waals surface area contributed by atoms with Crippen molar-refractivity contribution >= 4 is 0 Å². The zero-order chi connectivity index (χ0) is 11.8. The zero-order valence-corrected chi connectivity index (χ0v) is 10.6. The second-order valence-electron chi connectivity index (χ2n) is 6.47. The van der Waals surface area contributed by atoms with E-state index in [0.29, 0.717) is 23.7 Å². The van der Waals surface area contributed by atoms with Crippen LogP contribution < -0.4 is 0 Å². The first-order valence-corrected chi connectivity index (χ1v) is 7.41. The van der Waals surface area contributed by atoms with E-state index >= 15 is 0 Å². The van der Waals surface area contributed by atoms with E-state index in [1.54, 1.807) is 0 Å². The SMILES string of the molecule is C1COC2(CCC3C2C2CCC4(OCCO4)C32)O1. The van der Waals surface area contributed by atoms with Gasteiger partial charge >= 0.3 is 0 Å². The maximum Gasteiger partial charge on any atom is 0.171 e. The van der Waals surface area contributed by atoms with Gasteiger partial charge < -0.3 is 18.9 Å². The van der Waals surface area contributed by atoms with Gasteiger partial charge in [-0.15, -0.1) is 0 Å². The van der Waals surface area contributed by atoms with Crippen molar-refractivity contribution < 1.29 is 18.9 Å². The van der Waals surface area contributed by atoms with Crippen LogP contribution in [0.25, 0.3) is 0 Å². The minimum Gasteiger partial charge on any atom is -0.347 e. The van der Waals surface area contributed by atoms with Crippen molar-refractivity contribution in [2.45, 2.75) is 37.3 Å². The monoisotopic (exact) mass is 252 g/mol. The molecule has 2 saturated heterocycles. The molecular weight excluding hydrogens is 232 g/mol. The molecule has 100 valence electrons. The van der Waals surface area contributed by atoms with E-state index in [0.717, 1.165) is 39.3 Å². The Labute approximate surface area is 107 Å². The fourth-order valence-electron chi connectivity index (χ4n) is 5.64. The first-order valence-electron chi connectivity index (χ1n) is 7.41. The van der Waals surface area contributed by atoms with Gasteiger partial charge in [-0.25, -0.2) is 0 Å². The molecule has 0 amide bonds. The standard InChI is InChI=1S/C14H20O4/c1-3-13(15-5-6-16-13)11-9(1)12-10(11)2-4-14(12)17-7-8-18-14/h9-12H,1-8H2. The Hall–Kier alpha value is -0.160. The van der Waals surface area contributed by atoms with E-state index in [1.807, 2.05) is 0 Å². The summed E-state index contributed by atoms with van der Waals surface area (Å²) in [6, 6.07) is 0. The zero-order valence-electron chi connectivity index (χ0n) is 10.6. The third kappa shape index (κ3) is 1.04. The highest BCUT2D eigenvalue weighted by atomic mass is 16.7. The van der Waals surface area contributed by atoms with Crippen molar-refractivity contribution in [3.05, 3.63) is 0 Å². The molecule has 0 unspecified atom stereocenters. The molecule has 0 aromatic heterocycles. The van der Waals surface area contributed by atoms with Gasteiger partial charge in [-0.2, -0.15) is 0 Å². The normalized spacial score (nSPS) is 50.7. The van der Waals surface area contributed by atoms with Gasteiger partial charge in [-0.05, 0) is 24.7 Å². The van der Waals surface area contributed by atoms with Gasteiger partial charge in [0, 0.05) is 24.7 Å². The second kappa shape index (κ2) is 3.29. The number of hydrogen-bond acceptors (Lipinski definition) is 4. The summed E-state index contributed by atoms with van der Waals surface area (Å²) in [7, 11) is 0. The van der Waals surface area contributed by atoms with Gasteiger partial charge in [0.1, 0.15) is 0 Å². The van der Waals surface area contributed by atoms with Gasteiger partial charge in [0.2, 0.25) is 0 Å². The van der Waals surface area contributed by atoms with Crippen LogP contribution in [0.3, 0.4) is 0 Å². The summed E-state index contributed by atoms with van der Waals surface area (Å²) in [5.74, 6) is 2.17. The Morgan fingerprint density at radius 3 is 1.39 bits per heavy atom. The Morgan fingerprint density at radius 1 is 0.611 bits per heavy atom. The van der Waals surface area contributed by atoms with Gasteiger partial charge in [0.15, 0.2) is 11.6 Å². The van der Waals surface area contributed by atoms with Gasteiger partial charge in [-0.1, -0.05) is 0 Å². The van der Waals surface area contributed by atoms with E-state index in [2.05, 4.69) is 0 Å². The third-order valence-electron chi connectivity index (χ3n) is 6.07. The summed E-state index contributed by atoms with van der Waals surface area (Å²) in [6.07, 6.45) is 4.59. The van der Waals surface area contributed by atoms with Crippen LogP contribution in [0.4, 0.5) is 0 Å². The molecular formula is C14H20O4. The average Bonchev–Trinajstić information content (AvgIpc) is 3.06. The quantitative estimate of drug-likeness (QED) is 0.655. The Balaban J connectivity index is 1.47. The molecule has 4 nitrogen and oxygen atoms in total.